The number of hydrogen-bond donors (Lipinski definition) is 0. The van der Waals surface area contributed by atoms with Gasteiger partial charge in [0.2, 0.25) is 11.8 Å². The minimum Gasteiger partial charge on any atom is -0.342 e. The van der Waals surface area contributed by atoms with Crippen LogP contribution in [0.3, 0.4) is 0 Å². The van der Waals surface area contributed by atoms with E-state index in [-0.39, 0.29) is 11.8 Å². The highest BCUT2D eigenvalue weighted by molar-refractivity contribution is 5.82. The summed E-state index contributed by atoms with van der Waals surface area (Å²) in [5, 5.41) is 0. The zero-order valence-corrected chi connectivity index (χ0v) is 14.4. The van der Waals surface area contributed by atoms with Gasteiger partial charge in [-0.15, -0.1) is 0 Å². The van der Waals surface area contributed by atoms with Crippen LogP contribution in [-0.2, 0) is 9.59 Å². The predicted octanol–water partition coefficient (Wildman–Crippen LogP) is 2.98. The summed E-state index contributed by atoms with van der Waals surface area (Å²) in [5.74, 6) is 1.05. The number of likely N-dealkylation sites (tertiary alicyclic amines) is 1. The Kier molecular flexibility index (Phi) is 5.39. The van der Waals surface area contributed by atoms with E-state index < -0.39 is 0 Å². The molecule has 1 atom stereocenters. The topological polar surface area (TPSA) is 40.6 Å². The maximum atomic E-state index is 12.8. The first-order valence-corrected chi connectivity index (χ1v) is 9.46. The number of amides is 2. The van der Waals surface area contributed by atoms with Gasteiger partial charge in [0, 0.05) is 31.5 Å². The van der Waals surface area contributed by atoms with Gasteiger partial charge in [-0.05, 0) is 32.1 Å². The quantitative estimate of drug-likeness (QED) is 0.731. The Morgan fingerprint density at radius 3 is 2.35 bits per heavy atom. The molecule has 0 aromatic heterocycles. The Bertz CT molecular complexity index is 462. The number of piperidine rings is 1. The number of unbranched alkanes of at least 4 members (excludes halogenated alkanes) is 1. The Morgan fingerprint density at radius 1 is 1.04 bits per heavy atom. The molecule has 0 spiro atoms. The molecule has 1 saturated carbocycles. The van der Waals surface area contributed by atoms with E-state index in [9.17, 15) is 9.59 Å². The Balaban J connectivity index is 1.49. The third-order valence-electron chi connectivity index (χ3n) is 5.81. The molecule has 0 bridgehead atoms. The number of carbonyl (C=O) groups is 2. The van der Waals surface area contributed by atoms with E-state index >= 15 is 0 Å². The number of rotatable bonds is 5. The van der Waals surface area contributed by atoms with E-state index in [1.165, 1.54) is 19.3 Å². The van der Waals surface area contributed by atoms with Crippen LogP contribution in [0, 0.1) is 11.8 Å². The van der Waals surface area contributed by atoms with Crippen molar-refractivity contribution in [3.8, 4) is 0 Å². The van der Waals surface area contributed by atoms with Crippen LogP contribution < -0.4 is 0 Å². The molecular formula is C19H30N2O2. The van der Waals surface area contributed by atoms with Gasteiger partial charge in [-0.25, -0.2) is 0 Å². The fraction of sp³-hybridized carbons (Fsp3) is 0.789. The van der Waals surface area contributed by atoms with Gasteiger partial charge in [-0.3, -0.25) is 9.59 Å². The maximum absolute atomic E-state index is 12.8. The zero-order valence-electron chi connectivity index (χ0n) is 14.4. The van der Waals surface area contributed by atoms with E-state index in [4.69, 9.17) is 0 Å². The fourth-order valence-corrected chi connectivity index (χ4v) is 3.98. The van der Waals surface area contributed by atoms with Crippen LogP contribution in [0.1, 0.15) is 58.3 Å². The van der Waals surface area contributed by atoms with Crippen LogP contribution in [0.25, 0.3) is 0 Å². The second-order valence-electron chi connectivity index (χ2n) is 7.36. The Hall–Kier alpha value is -1.32. The van der Waals surface area contributed by atoms with Gasteiger partial charge in [0.15, 0.2) is 0 Å². The average Bonchev–Trinajstić information content (AvgIpc) is 2.99. The zero-order chi connectivity index (χ0) is 16.2. The molecule has 23 heavy (non-hydrogen) atoms. The molecule has 0 unspecified atom stereocenters. The van der Waals surface area contributed by atoms with Gasteiger partial charge >= 0.3 is 0 Å². The largest absolute Gasteiger partial charge is 0.342 e. The van der Waals surface area contributed by atoms with E-state index in [1.54, 1.807) is 0 Å². The maximum Gasteiger partial charge on any atom is 0.226 e. The first kappa shape index (κ1) is 16.5. The molecule has 3 aliphatic rings. The third-order valence-corrected chi connectivity index (χ3v) is 5.81. The van der Waals surface area contributed by atoms with Gasteiger partial charge in [0.1, 0.15) is 0 Å². The average molecular weight is 318 g/mol. The molecule has 1 aliphatic carbocycles. The lowest BCUT2D eigenvalue weighted by Gasteiger charge is -2.37. The monoisotopic (exact) mass is 318 g/mol. The highest BCUT2D eigenvalue weighted by Crippen LogP contribution is 2.31. The van der Waals surface area contributed by atoms with Crippen LogP contribution in [0.15, 0.2) is 12.2 Å². The number of hydrogen-bond acceptors (Lipinski definition) is 2. The molecule has 2 amide bonds. The summed E-state index contributed by atoms with van der Waals surface area (Å²) in [7, 11) is 0. The van der Waals surface area contributed by atoms with Gasteiger partial charge in [-0.1, -0.05) is 38.3 Å². The van der Waals surface area contributed by atoms with Crippen molar-refractivity contribution in [3.05, 3.63) is 12.2 Å². The fourth-order valence-electron chi connectivity index (χ4n) is 3.98. The highest BCUT2D eigenvalue weighted by Gasteiger charge is 2.35. The molecule has 0 N–H and O–H groups in total. The molecule has 3 rings (SSSR count). The van der Waals surface area contributed by atoms with E-state index in [0.29, 0.717) is 17.9 Å². The molecule has 4 heteroatoms. The molecule has 2 aliphatic heterocycles. The summed E-state index contributed by atoms with van der Waals surface area (Å²) in [6, 6.07) is 0.303. The third kappa shape index (κ3) is 3.61. The second kappa shape index (κ2) is 7.50. The summed E-state index contributed by atoms with van der Waals surface area (Å²) in [5.41, 5.74) is 0. The first-order chi connectivity index (χ1) is 11.2. The number of carbonyl (C=O) groups excluding carboxylic acids is 2. The van der Waals surface area contributed by atoms with Gasteiger partial charge < -0.3 is 9.80 Å². The van der Waals surface area contributed by atoms with Crippen LogP contribution in [0.2, 0.25) is 0 Å². The Morgan fingerprint density at radius 2 is 1.74 bits per heavy atom. The van der Waals surface area contributed by atoms with Gasteiger partial charge in [-0.2, -0.15) is 0 Å². The summed E-state index contributed by atoms with van der Waals surface area (Å²) in [4.78, 5) is 29.2. The van der Waals surface area contributed by atoms with E-state index in [0.717, 1.165) is 51.7 Å². The van der Waals surface area contributed by atoms with Crippen molar-refractivity contribution >= 4 is 11.8 Å². The van der Waals surface area contributed by atoms with Crippen molar-refractivity contribution in [2.24, 2.45) is 11.8 Å². The van der Waals surface area contributed by atoms with Gasteiger partial charge in [0.05, 0.1) is 6.04 Å². The lowest BCUT2D eigenvalue weighted by atomic mass is 9.83. The number of nitrogens with zero attached hydrogens (tertiary/aromatic N) is 2. The standard InChI is InChI=1S/C19H30N2O2/c1-2-3-8-17-9-5-12-21(17)19(23)16-10-13-20(14-11-16)18(22)15-6-4-7-15/h5,9,15-17H,2-4,6-8,10-14H2,1H3/t17-/m1/s1. The first-order valence-electron chi connectivity index (χ1n) is 9.46. The molecular weight excluding hydrogens is 288 g/mol. The van der Waals surface area contributed by atoms with Crippen LogP contribution in [0.5, 0.6) is 0 Å². The van der Waals surface area contributed by atoms with Crippen LogP contribution in [-0.4, -0.2) is 47.3 Å². The van der Waals surface area contributed by atoms with Crippen molar-refractivity contribution in [1.29, 1.82) is 0 Å². The molecule has 0 aromatic carbocycles. The smallest absolute Gasteiger partial charge is 0.226 e. The van der Waals surface area contributed by atoms with E-state index in [2.05, 4.69) is 24.0 Å². The molecule has 0 aromatic rings. The van der Waals surface area contributed by atoms with Crippen molar-refractivity contribution in [2.75, 3.05) is 19.6 Å². The molecule has 2 fully saturated rings. The second-order valence-corrected chi connectivity index (χ2v) is 7.36. The van der Waals surface area contributed by atoms with Crippen LogP contribution in [0.4, 0.5) is 0 Å². The molecule has 4 nitrogen and oxygen atoms in total. The summed E-state index contributed by atoms with van der Waals surface area (Å²) in [6.07, 6.45) is 12.8. The van der Waals surface area contributed by atoms with Crippen molar-refractivity contribution in [3.63, 3.8) is 0 Å². The molecule has 1 saturated heterocycles. The molecule has 0 radical (unpaired) electrons. The van der Waals surface area contributed by atoms with Crippen molar-refractivity contribution in [1.82, 2.24) is 9.80 Å². The predicted molar refractivity (Wildman–Crippen MR) is 90.8 cm³/mol. The molecule has 2 heterocycles. The van der Waals surface area contributed by atoms with Gasteiger partial charge in [0.25, 0.3) is 0 Å². The minimum atomic E-state index is 0.115. The lowest BCUT2D eigenvalue weighted by Crippen LogP contribution is -2.47. The summed E-state index contributed by atoms with van der Waals surface area (Å²) < 4.78 is 0. The molecule has 128 valence electrons. The minimum absolute atomic E-state index is 0.115. The Labute approximate surface area is 139 Å². The lowest BCUT2D eigenvalue weighted by molar-refractivity contribution is -0.144. The highest BCUT2D eigenvalue weighted by atomic mass is 16.2. The summed E-state index contributed by atoms with van der Waals surface area (Å²) in [6.45, 7) is 4.51. The summed E-state index contributed by atoms with van der Waals surface area (Å²) >= 11 is 0. The van der Waals surface area contributed by atoms with Crippen molar-refractivity contribution < 1.29 is 9.59 Å². The normalized spacial score (nSPS) is 25.7. The van der Waals surface area contributed by atoms with Crippen molar-refractivity contribution in [2.45, 2.75) is 64.3 Å². The SMILES string of the molecule is CCCC[C@@H]1C=CCN1C(=O)C1CCN(C(=O)C2CCC2)CC1. The van der Waals surface area contributed by atoms with E-state index in [1.807, 2.05) is 4.90 Å². The van der Waals surface area contributed by atoms with Crippen LogP contribution >= 0.6 is 0 Å².